The molecule has 18 heavy (non-hydrogen) atoms. The number of halogens is 2. The first-order chi connectivity index (χ1) is 8.65. The molecule has 0 unspecified atom stereocenters. The molecule has 0 radical (unpaired) electrons. The van der Waals surface area contributed by atoms with E-state index < -0.39 is 11.6 Å². The van der Waals surface area contributed by atoms with E-state index in [2.05, 4.69) is 5.32 Å². The largest absolute Gasteiger partial charge is 0.330 e. The lowest BCUT2D eigenvalue weighted by atomic mass is 10.1. The van der Waals surface area contributed by atoms with E-state index in [1.165, 1.54) is 6.07 Å². The van der Waals surface area contributed by atoms with Gasteiger partial charge in [0, 0.05) is 6.42 Å². The molecule has 0 fully saturated rings. The second kappa shape index (κ2) is 7.76. The molecule has 5 heteroatoms. The fourth-order valence-corrected chi connectivity index (χ4v) is 1.60. The number of hydrogen-bond acceptors (Lipinski definition) is 2. The Hall–Kier alpha value is -1.49. The van der Waals surface area contributed by atoms with Crippen LogP contribution in [-0.2, 0) is 4.79 Å². The lowest BCUT2D eigenvalue weighted by molar-refractivity contribution is -0.116. The molecule has 3 nitrogen and oxygen atoms in total. The Morgan fingerprint density at radius 1 is 1.11 bits per heavy atom. The van der Waals surface area contributed by atoms with Crippen molar-refractivity contribution < 1.29 is 13.6 Å². The number of carbonyl (C=O) groups is 1. The van der Waals surface area contributed by atoms with Gasteiger partial charge in [-0.05, 0) is 31.5 Å². The van der Waals surface area contributed by atoms with Crippen molar-refractivity contribution in [3.63, 3.8) is 0 Å². The first kappa shape index (κ1) is 14.6. The highest BCUT2D eigenvalue weighted by Gasteiger charge is 2.11. The topological polar surface area (TPSA) is 55.1 Å². The molecule has 0 aliphatic heterocycles. The molecule has 1 amide bonds. The van der Waals surface area contributed by atoms with Crippen molar-refractivity contribution in [2.45, 2.75) is 32.1 Å². The molecule has 1 rings (SSSR count). The highest BCUT2D eigenvalue weighted by atomic mass is 19.1. The molecule has 0 atom stereocenters. The number of amides is 1. The lowest BCUT2D eigenvalue weighted by Gasteiger charge is -2.07. The van der Waals surface area contributed by atoms with Crippen LogP contribution in [-0.4, -0.2) is 12.5 Å². The molecule has 0 saturated carbocycles. The molecule has 3 N–H and O–H groups in total. The number of para-hydroxylation sites is 1. The number of rotatable bonds is 7. The molecule has 0 spiro atoms. The van der Waals surface area contributed by atoms with Gasteiger partial charge in [-0.3, -0.25) is 4.79 Å². The summed E-state index contributed by atoms with van der Waals surface area (Å²) in [4.78, 5) is 11.5. The minimum Gasteiger partial charge on any atom is -0.330 e. The molecular formula is C13H18F2N2O. The highest BCUT2D eigenvalue weighted by molar-refractivity contribution is 5.90. The maximum Gasteiger partial charge on any atom is 0.224 e. The maximum atomic E-state index is 13.2. The molecule has 1 aromatic rings. The van der Waals surface area contributed by atoms with Crippen LogP contribution < -0.4 is 11.1 Å². The predicted molar refractivity (Wildman–Crippen MR) is 67.1 cm³/mol. The van der Waals surface area contributed by atoms with Crippen LogP contribution in [0.3, 0.4) is 0 Å². The molecular weight excluding hydrogens is 238 g/mol. The van der Waals surface area contributed by atoms with Crippen molar-refractivity contribution in [1.82, 2.24) is 0 Å². The van der Waals surface area contributed by atoms with Gasteiger partial charge in [0.25, 0.3) is 0 Å². The molecule has 0 aliphatic carbocycles. The van der Waals surface area contributed by atoms with Crippen LogP contribution in [0.5, 0.6) is 0 Å². The Morgan fingerprint density at radius 3 is 2.33 bits per heavy atom. The van der Waals surface area contributed by atoms with Crippen molar-refractivity contribution in [1.29, 1.82) is 0 Å². The Morgan fingerprint density at radius 2 is 1.72 bits per heavy atom. The minimum atomic E-state index is -0.758. The smallest absolute Gasteiger partial charge is 0.224 e. The number of carbonyl (C=O) groups excluding carboxylic acids is 1. The fraction of sp³-hybridized carbons (Fsp3) is 0.462. The molecule has 0 bridgehead atoms. The normalized spacial score (nSPS) is 10.4. The van der Waals surface area contributed by atoms with Gasteiger partial charge in [0.15, 0.2) is 0 Å². The van der Waals surface area contributed by atoms with Crippen LogP contribution in [0.15, 0.2) is 18.2 Å². The second-order valence-electron chi connectivity index (χ2n) is 4.10. The van der Waals surface area contributed by atoms with Crippen LogP contribution in [0.2, 0.25) is 0 Å². The number of nitrogens with one attached hydrogen (secondary N) is 1. The quantitative estimate of drug-likeness (QED) is 0.737. The Labute approximate surface area is 105 Å². The third-order valence-electron chi connectivity index (χ3n) is 2.59. The van der Waals surface area contributed by atoms with Gasteiger partial charge in [-0.15, -0.1) is 0 Å². The first-order valence-electron chi connectivity index (χ1n) is 6.09. The van der Waals surface area contributed by atoms with E-state index in [-0.39, 0.29) is 18.0 Å². The molecule has 1 aromatic carbocycles. The molecule has 0 saturated heterocycles. The van der Waals surface area contributed by atoms with Crippen LogP contribution >= 0.6 is 0 Å². The van der Waals surface area contributed by atoms with E-state index in [4.69, 9.17) is 5.73 Å². The first-order valence-corrected chi connectivity index (χ1v) is 6.09. The number of hydrogen-bond donors (Lipinski definition) is 2. The summed E-state index contributed by atoms with van der Waals surface area (Å²) in [6, 6.07) is 3.48. The monoisotopic (exact) mass is 256 g/mol. The summed E-state index contributed by atoms with van der Waals surface area (Å²) in [6.07, 6.45) is 3.76. The van der Waals surface area contributed by atoms with Gasteiger partial charge in [0.1, 0.15) is 17.3 Å². The average molecular weight is 256 g/mol. The van der Waals surface area contributed by atoms with Gasteiger partial charge in [0.05, 0.1) is 0 Å². The van der Waals surface area contributed by atoms with Gasteiger partial charge >= 0.3 is 0 Å². The summed E-state index contributed by atoms with van der Waals surface area (Å²) in [5.41, 5.74) is 4.97. The van der Waals surface area contributed by atoms with E-state index in [1.54, 1.807) is 0 Å². The van der Waals surface area contributed by atoms with Crippen molar-refractivity contribution in [2.24, 2.45) is 5.73 Å². The Kier molecular flexibility index (Phi) is 6.28. The summed E-state index contributed by atoms with van der Waals surface area (Å²) in [5, 5.41) is 2.26. The number of nitrogens with two attached hydrogens (primary N) is 1. The Bertz CT molecular complexity index is 376. The lowest BCUT2D eigenvalue weighted by Crippen LogP contribution is -2.13. The van der Waals surface area contributed by atoms with Crippen molar-refractivity contribution in [3.05, 3.63) is 29.8 Å². The highest BCUT2D eigenvalue weighted by Crippen LogP contribution is 2.18. The van der Waals surface area contributed by atoms with E-state index in [0.717, 1.165) is 31.4 Å². The van der Waals surface area contributed by atoms with Crippen LogP contribution in [0.1, 0.15) is 32.1 Å². The molecule has 0 heterocycles. The molecule has 0 aromatic heterocycles. The van der Waals surface area contributed by atoms with Crippen molar-refractivity contribution >= 4 is 11.6 Å². The minimum absolute atomic E-state index is 0.262. The zero-order valence-electron chi connectivity index (χ0n) is 10.2. The third-order valence-corrected chi connectivity index (χ3v) is 2.59. The van der Waals surface area contributed by atoms with Gasteiger partial charge in [0.2, 0.25) is 5.91 Å². The zero-order chi connectivity index (χ0) is 13.4. The Balaban J connectivity index is 2.36. The van der Waals surface area contributed by atoms with Gasteiger partial charge in [-0.25, -0.2) is 8.78 Å². The van der Waals surface area contributed by atoms with Gasteiger partial charge < -0.3 is 11.1 Å². The molecule has 100 valence electrons. The van der Waals surface area contributed by atoms with Gasteiger partial charge in [-0.2, -0.15) is 0 Å². The average Bonchev–Trinajstić information content (AvgIpc) is 2.34. The van der Waals surface area contributed by atoms with Crippen molar-refractivity contribution in [2.75, 3.05) is 11.9 Å². The summed E-state index contributed by atoms with van der Waals surface area (Å²) < 4.78 is 26.5. The SMILES string of the molecule is NCCCCCCC(=O)Nc1c(F)cccc1F. The van der Waals surface area contributed by atoms with E-state index >= 15 is 0 Å². The summed E-state index contributed by atoms with van der Waals surface area (Å²) in [5.74, 6) is -1.88. The second-order valence-corrected chi connectivity index (χ2v) is 4.10. The predicted octanol–water partition coefficient (Wildman–Crippen LogP) is 2.81. The molecule has 0 aliphatic rings. The van der Waals surface area contributed by atoms with Crippen LogP contribution in [0.25, 0.3) is 0 Å². The number of anilines is 1. The fourth-order valence-electron chi connectivity index (χ4n) is 1.60. The van der Waals surface area contributed by atoms with Crippen LogP contribution in [0.4, 0.5) is 14.5 Å². The van der Waals surface area contributed by atoms with E-state index in [9.17, 15) is 13.6 Å². The van der Waals surface area contributed by atoms with Crippen LogP contribution in [0, 0.1) is 11.6 Å². The number of benzene rings is 1. The zero-order valence-corrected chi connectivity index (χ0v) is 10.2. The van der Waals surface area contributed by atoms with E-state index in [1.807, 2.05) is 0 Å². The number of unbranched alkanes of at least 4 members (excludes halogenated alkanes) is 3. The standard InChI is InChI=1S/C13H18F2N2O/c14-10-6-5-7-11(15)13(10)17-12(18)8-3-1-2-4-9-16/h5-7H,1-4,8-9,16H2,(H,17,18). The van der Waals surface area contributed by atoms with E-state index in [0.29, 0.717) is 13.0 Å². The summed E-state index contributed by atoms with van der Waals surface area (Å²) >= 11 is 0. The third kappa shape index (κ3) is 4.79. The summed E-state index contributed by atoms with van der Waals surface area (Å²) in [6.45, 7) is 0.645. The maximum absolute atomic E-state index is 13.2. The summed E-state index contributed by atoms with van der Waals surface area (Å²) in [7, 11) is 0. The van der Waals surface area contributed by atoms with Crippen molar-refractivity contribution in [3.8, 4) is 0 Å². The van der Waals surface area contributed by atoms with Gasteiger partial charge in [-0.1, -0.05) is 18.9 Å².